The fourth-order valence-corrected chi connectivity index (χ4v) is 2.92. The second-order valence-corrected chi connectivity index (χ2v) is 6.43. The Bertz CT molecular complexity index is 839. The van der Waals surface area contributed by atoms with Crippen LogP contribution in [0.15, 0.2) is 78.0 Å². The third-order valence-corrected chi connectivity index (χ3v) is 4.37. The number of aromatic nitrogens is 2. The molecule has 27 heavy (non-hydrogen) atoms. The highest BCUT2D eigenvalue weighted by Gasteiger charge is 2.08. The molecule has 0 saturated heterocycles. The van der Waals surface area contributed by atoms with E-state index in [1.54, 1.807) is 0 Å². The molecular weight excluding hydrogens is 334 g/mol. The summed E-state index contributed by atoms with van der Waals surface area (Å²) in [6.45, 7) is 6.35. The molecule has 2 N–H and O–H groups in total. The van der Waals surface area contributed by atoms with Gasteiger partial charge >= 0.3 is 0 Å². The highest BCUT2D eigenvalue weighted by atomic mass is 15.2. The Labute approximate surface area is 161 Å². The average Bonchev–Trinajstić information content (AvgIpc) is 3.14. The van der Waals surface area contributed by atoms with Crippen molar-refractivity contribution in [2.45, 2.75) is 33.0 Å². The van der Waals surface area contributed by atoms with Crippen LogP contribution in [-0.2, 0) is 13.1 Å². The molecule has 5 nitrogen and oxygen atoms in total. The number of benzene rings is 2. The summed E-state index contributed by atoms with van der Waals surface area (Å²) in [5, 5.41) is 6.78. The molecule has 1 unspecified atom stereocenters. The van der Waals surface area contributed by atoms with Crippen molar-refractivity contribution in [1.29, 1.82) is 0 Å². The lowest BCUT2D eigenvalue weighted by Gasteiger charge is -2.18. The summed E-state index contributed by atoms with van der Waals surface area (Å²) in [5.74, 6) is 1.74. The minimum absolute atomic E-state index is 0.174. The summed E-state index contributed by atoms with van der Waals surface area (Å²) >= 11 is 0. The number of guanidine groups is 1. The van der Waals surface area contributed by atoms with Crippen LogP contribution in [0.4, 0.5) is 0 Å². The van der Waals surface area contributed by atoms with Crippen molar-refractivity contribution < 1.29 is 0 Å². The lowest BCUT2D eigenvalue weighted by atomic mass is 10.1. The lowest BCUT2D eigenvalue weighted by molar-refractivity contribution is 0.677. The Hall–Kier alpha value is -3.08. The molecule has 140 valence electrons. The van der Waals surface area contributed by atoms with Crippen molar-refractivity contribution in [3.63, 3.8) is 0 Å². The first-order valence-electron chi connectivity index (χ1n) is 9.40. The van der Waals surface area contributed by atoms with Crippen molar-refractivity contribution in [2.75, 3.05) is 6.54 Å². The van der Waals surface area contributed by atoms with Gasteiger partial charge in [0.1, 0.15) is 12.4 Å². The van der Waals surface area contributed by atoms with E-state index in [4.69, 9.17) is 4.99 Å². The van der Waals surface area contributed by atoms with Crippen molar-refractivity contribution in [1.82, 2.24) is 20.2 Å². The van der Waals surface area contributed by atoms with Gasteiger partial charge in [-0.15, -0.1) is 0 Å². The zero-order valence-corrected chi connectivity index (χ0v) is 16.0. The molecule has 0 saturated carbocycles. The molecule has 0 spiro atoms. The van der Waals surface area contributed by atoms with Crippen LogP contribution >= 0.6 is 0 Å². The number of imidazole rings is 1. The lowest BCUT2D eigenvalue weighted by Crippen LogP contribution is -2.38. The van der Waals surface area contributed by atoms with Gasteiger partial charge in [0.15, 0.2) is 5.96 Å². The third-order valence-electron chi connectivity index (χ3n) is 4.37. The van der Waals surface area contributed by atoms with E-state index in [0.29, 0.717) is 6.54 Å². The maximum atomic E-state index is 4.73. The standard InChI is InChI=1S/C22H27N5/c1-3-23-22(26-18(2)20-12-8-5-9-13-20)25-16-21-24-14-15-27(21)17-19-10-6-4-7-11-19/h4-15,18H,3,16-17H2,1-2H3,(H2,23,25,26). The maximum Gasteiger partial charge on any atom is 0.192 e. The van der Waals surface area contributed by atoms with Gasteiger partial charge in [-0.1, -0.05) is 60.7 Å². The molecule has 0 radical (unpaired) electrons. The van der Waals surface area contributed by atoms with Crippen LogP contribution in [0.3, 0.4) is 0 Å². The molecule has 3 rings (SSSR count). The fraction of sp³-hybridized carbons (Fsp3) is 0.273. The minimum atomic E-state index is 0.174. The van der Waals surface area contributed by atoms with Gasteiger partial charge in [0.25, 0.3) is 0 Å². The Kier molecular flexibility index (Phi) is 6.63. The topological polar surface area (TPSA) is 54.2 Å². The first-order chi connectivity index (χ1) is 13.3. The fourth-order valence-electron chi connectivity index (χ4n) is 2.92. The van der Waals surface area contributed by atoms with E-state index < -0.39 is 0 Å². The summed E-state index contributed by atoms with van der Waals surface area (Å²) in [5.41, 5.74) is 2.48. The second-order valence-electron chi connectivity index (χ2n) is 6.43. The summed E-state index contributed by atoms with van der Waals surface area (Å²) in [4.78, 5) is 9.22. The molecule has 5 heteroatoms. The van der Waals surface area contributed by atoms with Crippen LogP contribution < -0.4 is 10.6 Å². The van der Waals surface area contributed by atoms with E-state index in [1.807, 2.05) is 24.5 Å². The normalized spacial score (nSPS) is 12.6. The Balaban J connectivity index is 1.68. The maximum absolute atomic E-state index is 4.73. The predicted molar refractivity (Wildman–Crippen MR) is 111 cm³/mol. The number of rotatable bonds is 7. The van der Waals surface area contributed by atoms with Gasteiger partial charge in [-0.05, 0) is 25.0 Å². The largest absolute Gasteiger partial charge is 0.357 e. The molecule has 0 fully saturated rings. The quantitative estimate of drug-likeness (QED) is 0.498. The van der Waals surface area contributed by atoms with Gasteiger partial charge in [-0.2, -0.15) is 0 Å². The van der Waals surface area contributed by atoms with Crippen LogP contribution in [0.5, 0.6) is 0 Å². The molecule has 0 aliphatic rings. The first kappa shape index (κ1) is 18.7. The summed E-state index contributed by atoms with van der Waals surface area (Å²) in [7, 11) is 0. The van der Waals surface area contributed by atoms with Crippen molar-refractivity contribution >= 4 is 5.96 Å². The third kappa shape index (κ3) is 5.45. The monoisotopic (exact) mass is 361 g/mol. The van der Waals surface area contributed by atoms with Gasteiger partial charge in [0.2, 0.25) is 0 Å². The predicted octanol–water partition coefficient (Wildman–Crippen LogP) is 3.75. The molecule has 0 aliphatic carbocycles. The van der Waals surface area contributed by atoms with Gasteiger partial charge in [-0.3, -0.25) is 0 Å². The highest BCUT2D eigenvalue weighted by molar-refractivity contribution is 5.80. The van der Waals surface area contributed by atoms with E-state index in [1.165, 1.54) is 11.1 Å². The molecule has 2 aromatic carbocycles. The molecular formula is C22H27N5. The minimum Gasteiger partial charge on any atom is -0.357 e. The average molecular weight is 361 g/mol. The molecule has 1 heterocycles. The molecule has 0 amide bonds. The van der Waals surface area contributed by atoms with Gasteiger partial charge < -0.3 is 15.2 Å². The Morgan fingerprint density at radius 3 is 2.48 bits per heavy atom. The molecule has 0 aliphatic heterocycles. The smallest absolute Gasteiger partial charge is 0.192 e. The Morgan fingerprint density at radius 1 is 1.07 bits per heavy atom. The van der Waals surface area contributed by atoms with Crippen molar-refractivity contribution in [2.24, 2.45) is 4.99 Å². The molecule has 1 aromatic heterocycles. The van der Waals surface area contributed by atoms with Gasteiger partial charge in [0, 0.05) is 25.5 Å². The number of hydrogen-bond donors (Lipinski definition) is 2. The zero-order valence-electron chi connectivity index (χ0n) is 16.0. The van der Waals surface area contributed by atoms with Crippen LogP contribution in [0.2, 0.25) is 0 Å². The van der Waals surface area contributed by atoms with E-state index in [2.05, 4.69) is 82.6 Å². The summed E-state index contributed by atoms with van der Waals surface area (Å²) < 4.78 is 2.14. The van der Waals surface area contributed by atoms with Gasteiger partial charge in [-0.25, -0.2) is 9.98 Å². The number of aliphatic imine (C=N–C) groups is 1. The van der Waals surface area contributed by atoms with E-state index in [9.17, 15) is 0 Å². The number of hydrogen-bond acceptors (Lipinski definition) is 2. The molecule has 3 aromatic rings. The SMILES string of the molecule is CCNC(=NCc1nccn1Cc1ccccc1)NC(C)c1ccccc1. The number of nitrogens with one attached hydrogen (secondary N) is 2. The number of nitrogens with zero attached hydrogens (tertiary/aromatic N) is 3. The Morgan fingerprint density at radius 2 is 1.78 bits per heavy atom. The molecule has 0 bridgehead atoms. The van der Waals surface area contributed by atoms with Crippen LogP contribution in [0.25, 0.3) is 0 Å². The van der Waals surface area contributed by atoms with E-state index in [-0.39, 0.29) is 6.04 Å². The van der Waals surface area contributed by atoms with Crippen molar-refractivity contribution in [3.8, 4) is 0 Å². The summed E-state index contributed by atoms with van der Waals surface area (Å²) in [6, 6.07) is 20.9. The van der Waals surface area contributed by atoms with Crippen LogP contribution in [0.1, 0.15) is 36.8 Å². The zero-order chi connectivity index (χ0) is 18.9. The summed E-state index contributed by atoms with van der Waals surface area (Å²) in [6.07, 6.45) is 3.84. The highest BCUT2D eigenvalue weighted by Crippen LogP contribution is 2.11. The molecule has 1 atom stereocenters. The van der Waals surface area contributed by atoms with Gasteiger partial charge in [0.05, 0.1) is 6.04 Å². The first-order valence-corrected chi connectivity index (χ1v) is 9.40. The second kappa shape index (κ2) is 9.57. The van der Waals surface area contributed by atoms with E-state index >= 15 is 0 Å². The van der Waals surface area contributed by atoms with Crippen LogP contribution in [0, 0.1) is 0 Å². The van der Waals surface area contributed by atoms with E-state index in [0.717, 1.165) is 24.9 Å². The van der Waals surface area contributed by atoms with Crippen LogP contribution in [-0.4, -0.2) is 22.1 Å². The van der Waals surface area contributed by atoms with Crippen molar-refractivity contribution in [3.05, 3.63) is 90.0 Å².